The molecular weight excluding hydrogens is 362 g/mol. The number of halogens is 6. The molecule has 0 bridgehead atoms. The predicted octanol–water partition coefficient (Wildman–Crippen LogP) is 2.33. The van der Waals surface area contributed by atoms with E-state index < -0.39 is 24.3 Å². The summed E-state index contributed by atoms with van der Waals surface area (Å²) in [6.07, 6.45) is -4.82. The molecule has 1 saturated carbocycles. The van der Waals surface area contributed by atoms with Crippen molar-refractivity contribution in [3.63, 3.8) is 0 Å². The Hall–Kier alpha value is -1.56. The second kappa shape index (κ2) is 11.1. The largest absolute Gasteiger partial charge is 0.490 e. The standard InChI is InChI=1S/C9H20N2.2C2HF3O2/c1-11(2)9-5-3-8(7-10)4-6-9;2*3-2(4,5)1(6)7/h8-9H,3-7,10H2,1-2H3;2*(H,6,7)/t8-,9-;;. The third-order valence-electron chi connectivity index (χ3n) is 3.36. The van der Waals surface area contributed by atoms with Gasteiger partial charge in [0.1, 0.15) is 0 Å². The van der Waals surface area contributed by atoms with E-state index in [-0.39, 0.29) is 0 Å². The Kier molecular flexibility index (Phi) is 11.4. The SMILES string of the molecule is CN(C)[C@H]1CC[C@H](CN)CC1.O=C(O)C(F)(F)F.O=C(O)C(F)(F)F. The fourth-order valence-electron chi connectivity index (χ4n) is 1.90. The molecule has 0 aromatic heterocycles. The van der Waals surface area contributed by atoms with Gasteiger partial charge in [-0.05, 0) is 52.2 Å². The van der Waals surface area contributed by atoms with Crippen molar-refractivity contribution in [2.45, 2.75) is 44.1 Å². The van der Waals surface area contributed by atoms with Gasteiger partial charge in [0, 0.05) is 6.04 Å². The third kappa shape index (κ3) is 13.4. The Labute approximate surface area is 140 Å². The molecule has 12 heteroatoms. The van der Waals surface area contributed by atoms with E-state index in [4.69, 9.17) is 25.5 Å². The van der Waals surface area contributed by atoms with Crippen LogP contribution in [0.1, 0.15) is 25.7 Å². The monoisotopic (exact) mass is 384 g/mol. The smallest absolute Gasteiger partial charge is 0.475 e. The van der Waals surface area contributed by atoms with Crippen LogP contribution in [0, 0.1) is 5.92 Å². The number of hydrogen-bond donors (Lipinski definition) is 3. The molecule has 1 rings (SSSR count). The van der Waals surface area contributed by atoms with Crippen LogP contribution < -0.4 is 5.73 Å². The first-order chi connectivity index (χ1) is 11.1. The van der Waals surface area contributed by atoms with E-state index >= 15 is 0 Å². The molecule has 0 saturated heterocycles. The van der Waals surface area contributed by atoms with Crippen LogP contribution in [0.15, 0.2) is 0 Å². The highest BCUT2D eigenvalue weighted by Gasteiger charge is 2.38. The van der Waals surface area contributed by atoms with Gasteiger partial charge in [-0.25, -0.2) is 9.59 Å². The van der Waals surface area contributed by atoms with Crippen LogP contribution in [0.25, 0.3) is 0 Å². The highest BCUT2D eigenvalue weighted by atomic mass is 19.4. The highest BCUT2D eigenvalue weighted by molar-refractivity contribution is 5.73. The number of carbonyl (C=O) groups is 2. The van der Waals surface area contributed by atoms with Crippen molar-refractivity contribution in [1.82, 2.24) is 4.90 Å². The summed E-state index contributed by atoms with van der Waals surface area (Å²) in [6, 6.07) is 0.817. The van der Waals surface area contributed by atoms with Gasteiger partial charge >= 0.3 is 24.3 Å². The van der Waals surface area contributed by atoms with Crippen LogP contribution in [-0.2, 0) is 9.59 Å². The molecule has 4 N–H and O–H groups in total. The summed E-state index contributed by atoms with van der Waals surface area (Å²) in [5.74, 6) is -4.70. The summed E-state index contributed by atoms with van der Waals surface area (Å²) < 4.78 is 63.5. The number of nitrogens with two attached hydrogens (primary N) is 1. The lowest BCUT2D eigenvalue weighted by Gasteiger charge is -2.31. The van der Waals surface area contributed by atoms with Crippen LogP contribution >= 0.6 is 0 Å². The minimum Gasteiger partial charge on any atom is -0.475 e. The van der Waals surface area contributed by atoms with Gasteiger partial charge in [0.2, 0.25) is 0 Å². The molecule has 1 aliphatic rings. The Balaban J connectivity index is 0. The maximum atomic E-state index is 10.6. The quantitative estimate of drug-likeness (QED) is 0.632. The van der Waals surface area contributed by atoms with Crippen LogP contribution in [0.4, 0.5) is 26.3 Å². The second-order valence-corrected chi connectivity index (χ2v) is 5.48. The Morgan fingerprint density at radius 2 is 1.20 bits per heavy atom. The summed E-state index contributed by atoms with van der Waals surface area (Å²) in [7, 11) is 4.35. The lowest BCUT2D eigenvalue weighted by atomic mass is 9.86. The van der Waals surface area contributed by atoms with Crippen molar-refractivity contribution >= 4 is 11.9 Å². The zero-order chi connectivity index (χ0) is 20.4. The molecule has 0 spiro atoms. The molecule has 25 heavy (non-hydrogen) atoms. The first-order valence-electron chi connectivity index (χ1n) is 7.09. The van der Waals surface area contributed by atoms with Gasteiger partial charge in [-0.3, -0.25) is 0 Å². The average Bonchev–Trinajstić information content (AvgIpc) is 2.46. The van der Waals surface area contributed by atoms with Crippen molar-refractivity contribution in [1.29, 1.82) is 0 Å². The minimum atomic E-state index is -5.08. The van der Waals surface area contributed by atoms with E-state index in [0.717, 1.165) is 18.5 Å². The van der Waals surface area contributed by atoms with E-state index in [9.17, 15) is 26.3 Å². The molecule has 0 radical (unpaired) electrons. The lowest BCUT2D eigenvalue weighted by Crippen LogP contribution is -2.33. The number of aliphatic carboxylic acids is 2. The molecule has 0 atom stereocenters. The van der Waals surface area contributed by atoms with Crippen molar-refractivity contribution < 1.29 is 46.1 Å². The predicted molar refractivity (Wildman–Crippen MR) is 75.9 cm³/mol. The number of carboxylic acid groups (broad SMARTS) is 2. The van der Waals surface area contributed by atoms with Crippen LogP contribution in [0.5, 0.6) is 0 Å². The van der Waals surface area contributed by atoms with Crippen molar-refractivity contribution in [3.05, 3.63) is 0 Å². The molecule has 6 nitrogen and oxygen atoms in total. The molecule has 0 amide bonds. The van der Waals surface area contributed by atoms with Gasteiger partial charge in [-0.2, -0.15) is 26.3 Å². The molecule has 0 unspecified atom stereocenters. The summed E-state index contributed by atoms with van der Waals surface area (Å²) in [6.45, 7) is 0.889. The number of rotatable bonds is 2. The number of hydrogen-bond acceptors (Lipinski definition) is 4. The molecule has 150 valence electrons. The molecule has 0 aromatic rings. The van der Waals surface area contributed by atoms with Crippen molar-refractivity contribution in [3.8, 4) is 0 Å². The zero-order valence-corrected chi connectivity index (χ0v) is 13.7. The molecule has 0 aromatic carbocycles. The normalized spacial score (nSPS) is 20.7. The van der Waals surface area contributed by atoms with E-state index in [1.807, 2.05) is 0 Å². The summed E-state index contributed by atoms with van der Waals surface area (Å²) in [5.41, 5.74) is 5.61. The topological polar surface area (TPSA) is 104 Å². The maximum absolute atomic E-state index is 10.6. The fraction of sp³-hybridized carbons (Fsp3) is 0.846. The van der Waals surface area contributed by atoms with Gasteiger partial charge < -0.3 is 20.8 Å². The van der Waals surface area contributed by atoms with Crippen LogP contribution in [0.2, 0.25) is 0 Å². The molecular formula is C13H22F6N2O4. The molecule has 0 heterocycles. The average molecular weight is 384 g/mol. The molecule has 0 aliphatic heterocycles. The fourth-order valence-corrected chi connectivity index (χ4v) is 1.90. The second-order valence-electron chi connectivity index (χ2n) is 5.48. The Bertz CT molecular complexity index is 380. The summed E-state index contributed by atoms with van der Waals surface area (Å²) in [4.78, 5) is 20.1. The van der Waals surface area contributed by atoms with Gasteiger partial charge in [0.25, 0.3) is 0 Å². The zero-order valence-electron chi connectivity index (χ0n) is 13.7. The number of nitrogens with zero attached hydrogens (tertiary/aromatic N) is 1. The van der Waals surface area contributed by atoms with Crippen molar-refractivity contribution in [2.75, 3.05) is 20.6 Å². The van der Waals surface area contributed by atoms with Crippen LogP contribution in [0.3, 0.4) is 0 Å². The van der Waals surface area contributed by atoms with Gasteiger partial charge in [-0.15, -0.1) is 0 Å². The van der Waals surface area contributed by atoms with Gasteiger partial charge in [0.15, 0.2) is 0 Å². The molecule has 1 fully saturated rings. The van der Waals surface area contributed by atoms with Gasteiger partial charge in [0.05, 0.1) is 0 Å². The summed E-state index contributed by atoms with van der Waals surface area (Å²) in [5, 5.41) is 14.2. The van der Waals surface area contributed by atoms with E-state index in [1.54, 1.807) is 0 Å². The lowest BCUT2D eigenvalue weighted by molar-refractivity contribution is -0.193. The first kappa shape index (κ1) is 25.7. The van der Waals surface area contributed by atoms with Crippen LogP contribution in [-0.4, -0.2) is 66.1 Å². The third-order valence-corrected chi connectivity index (χ3v) is 3.36. The maximum Gasteiger partial charge on any atom is 0.490 e. The number of carboxylic acids is 2. The Morgan fingerprint density at radius 3 is 1.36 bits per heavy atom. The number of alkyl halides is 6. The first-order valence-corrected chi connectivity index (χ1v) is 7.09. The molecule has 1 aliphatic carbocycles. The highest BCUT2D eigenvalue weighted by Crippen LogP contribution is 2.25. The van der Waals surface area contributed by atoms with Gasteiger partial charge in [-0.1, -0.05) is 0 Å². The van der Waals surface area contributed by atoms with E-state index in [2.05, 4.69) is 19.0 Å². The summed E-state index contributed by atoms with van der Waals surface area (Å²) >= 11 is 0. The van der Waals surface area contributed by atoms with E-state index in [1.165, 1.54) is 25.7 Å². The Morgan fingerprint density at radius 1 is 0.920 bits per heavy atom. The van der Waals surface area contributed by atoms with Crippen molar-refractivity contribution in [2.24, 2.45) is 11.7 Å². The minimum absolute atomic E-state index is 0.811. The van der Waals surface area contributed by atoms with E-state index in [0.29, 0.717) is 0 Å².